The highest BCUT2D eigenvalue weighted by Gasteiger charge is 2.05. The third-order valence-corrected chi connectivity index (χ3v) is 2.30. The standard InChI is InChI=1S/C12H18N2O3/c1-9-4-2-3-5-11(9)14-12(17)7-13-6-10(16)8-15/h2-5,10,13,15-16H,6-8H2,1H3,(H,14,17). The number of rotatable bonds is 6. The fourth-order valence-electron chi connectivity index (χ4n) is 1.32. The van der Waals surface area contributed by atoms with Crippen LogP contribution in [-0.4, -0.2) is 41.9 Å². The van der Waals surface area contributed by atoms with E-state index >= 15 is 0 Å². The van der Waals surface area contributed by atoms with E-state index in [1.807, 2.05) is 31.2 Å². The molecule has 0 saturated carbocycles. The topological polar surface area (TPSA) is 81.6 Å². The molecule has 0 heterocycles. The lowest BCUT2D eigenvalue weighted by Crippen LogP contribution is -2.35. The maximum Gasteiger partial charge on any atom is 0.238 e. The summed E-state index contributed by atoms with van der Waals surface area (Å²) in [7, 11) is 0. The molecule has 17 heavy (non-hydrogen) atoms. The zero-order valence-corrected chi connectivity index (χ0v) is 9.81. The van der Waals surface area contributed by atoms with Crippen LogP contribution in [0.3, 0.4) is 0 Å². The van der Waals surface area contributed by atoms with Crippen LogP contribution in [0, 0.1) is 6.92 Å². The maximum absolute atomic E-state index is 11.5. The second-order valence-electron chi connectivity index (χ2n) is 3.83. The maximum atomic E-state index is 11.5. The van der Waals surface area contributed by atoms with Crippen molar-refractivity contribution < 1.29 is 15.0 Å². The third-order valence-electron chi connectivity index (χ3n) is 2.30. The van der Waals surface area contributed by atoms with Gasteiger partial charge in [-0.05, 0) is 18.6 Å². The van der Waals surface area contributed by atoms with Gasteiger partial charge in [0.1, 0.15) is 0 Å². The molecule has 1 aromatic rings. The minimum absolute atomic E-state index is 0.103. The van der Waals surface area contributed by atoms with Crippen molar-refractivity contribution in [2.75, 3.05) is 25.0 Å². The molecule has 1 atom stereocenters. The lowest BCUT2D eigenvalue weighted by Gasteiger charge is -2.10. The smallest absolute Gasteiger partial charge is 0.238 e. The molecule has 4 N–H and O–H groups in total. The van der Waals surface area contributed by atoms with E-state index in [0.29, 0.717) is 0 Å². The first-order chi connectivity index (χ1) is 8.13. The number of hydrogen-bond donors (Lipinski definition) is 4. The number of carbonyl (C=O) groups is 1. The lowest BCUT2D eigenvalue weighted by molar-refractivity contribution is -0.115. The Hall–Kier alpha value is -1.43. The number of amides is 1. The number of para-hydroxylation sites is 1. The molecule has 5 heteroatoms. The highest BCUT2D eigenvalue weighted by molar-refractivity contribution is 5.92. The summed E-state index contributed by atoms with van der Waals surface area (Å²) in [6.07, 6.45) is -0.832. The Bertz CT molecular complexity index is 369. The fourth-order valence-corrected chi connectivity index (χ4v) is 1.32. The number of aliphatic hydroxyl groups is 2. The first-order valence-corrected chi connectivity index (χ1v) is 5.48. The summed E-state index contributed by atoms with van der Waals surface area (Å²) in [4.78, 5) is 11.5. The third kappa shape index (κ3) is 4.95. The second-order valence-corrected chi connectivity index (χ2v) is 3.83. The minimum atomic E-state index is -0.832. The van der Waals surface area contributed by atoms with Gasteiger partial charge in [0.05, 0.1) is 19.3 Å². The van der Waals surface area contributed by atoms with Gasteiger partial charge in [0.2, 0.25) is 5.91 Å². The monoisotopic (exact) mass is 238 g/mol. The predicted octanol–water partition coefficient (Wildman–Crippen LogP) is -0.124. The SMILES string of the molecule is Cc1ccccc1NC(=O)CNCC(O)CO. The second kappa shape index (κ2) is 7.01. The zero-order valence-electron chi connectivity index (χ0n) is 9.81. The van der Waals surface area contributed by atoms with Gasteiger partial charge in [0.15, 0.2) is 0 Å². The Morgan fingerprint density at radius 2 is 2.12 bits per heavy atom. The van der Waals surface area contributed by atoms with E-state index in [1.54, 1.807) is 0 Å². The summed E-state index contributed by atoms with van der Waals surface area (Å²) in [5.41, 5.74) is 1.78. The molecule has 1 aromatic carbocycles. The molecule has 0 aromatic heterocycles. The van der Waals surface area contributed by atoms with Gasteiger partial charge in [-0.15, -0.1) is 0 Å². The summed E-state index contributed by atoms with van der Waals surface area (Å²) in [6, 6.07) is 7.50. The predicted molar refractivity (Wildman–Crippen MR) is 65.8 cm³/mol. The van der Waals surface area contributed by atoms with Crippen molar-refractivity contribution in [1.82, 2.24) is 5.32 Å². The molecule has 0 saturated heterocycles. The largest absolute Gasteiger partial charge is 0.394 e. The van der Waals surface area contributed by atoms with Gasteiger partial charge in [0, 0.05) is 12.2 Å². The van der Waals surface area contributed by atoms with Crippen LogP contribution in [0.1, 0.15) is 5.56 Å². The minimum Gasteiger partial charge on any atom is -0.394 e. The number of nitrogens with one attached hydrogen (secondary N) is 2. The van der Waals surface area contributed by atoms with Crippen LogP contribution in [0.2, 0.25) is 0 Å². The summed E-state index contributed by atoms with van der Waals surface area (Å²) in [5.74, 6) is -0.176. The summed E-state index contributed by atoms with van der Waals surface area (Å²) < 4.78 is 0. The molecule has 0 aliphatic heterocycles. The van der Waals surface area contributed by atoms with E-state index in [9.17, 15) is 4.79 Å². The molecule has 0 radical (unpaired) electrons. The number of aryl methyl sites for hydroxylation is 1. The van der Waals surface area contributed by atoms with Gasteiger partial charge in [-0.2, -0.15) is 0 Å². The molecule has 0 aliphatic carbocycles. The van der Waals surface area contributed by atoms with E-state index < -0.39 is 6.10 Å². The Morgan fingerprint density at radius 3 is 2.76 bits per heavy atom. The molecular formula is C12H18N2O3. The summed E-state index contributed by atoms with van der Waals surface area (Å²) in [6.45, 7) is 1.90. The first-order valence-electron chi connectivity index (χ1n) is 5.48. The molecule has 5 nitrogen and oxygen atoms in total. The van der Waals surface area contributed by atoms with Crippen molar-refractivity contribution in [3.05, 3.63) is 29.8 Å². The normalized spacial score (nSPS) is 12.2. The van der Waals surface area contributed by atoms with Crippen LogP contribution in [0.4, 0.5) is 5.69 Å². The quantitative estimate of drug-likeness (QED) is 0.557. The van der Waals surface area contributed by atoms with Crippen molar-refractivity contribution in [2.45, 2.75) is 13.0 Å². The average Bonchev–Trinajstić information content (AvgIpc) is 2.32. The molecule has 0 fully saturated rings. The Kier molecular flexibility index (Phi) is 5.62. The molecule has 1 unspecified atom stereocenters. The summed E-state index contributed by atoms with van der Waals surface area (Å²) >= 11 is 0. The van der Waals surface area contributed by atoms with E-state index in [2.05, 4.69) is 10.6 Å². The van der Waals surface area contributed by atoms with E-state index in [1.165, 1.54) is 0 Å². The van der Waals surface area contributed by atoms with E-state index in [4.69, 9.17) is 10.2 Å². The first kappa shape index (κ1) is 13.6. The molecular weight excluding hydrogens is 220 g/mol. The Labute approximate surface area is 100 Å². The van der Waals surface area contributed by atoms with Gasteiger partial charge in [-0.1, -0.05) is 18.2 Å². The van der Waals surface area contributed by atoms with E-state index in [-0.39, 0.29) is 25.6 Å². The number of aliphatic hydroxyl groups excluding tert-OH is 2. The van der Waals surface area contributed by atoms with Crippen molar-refractivity contribution in [3.63, 3.8) is 0 Å². The van der Waals surface area contributed by atoms with Crippen LogP contribution >= 0.6 is 0 Å². The fraction of sp³-hybridized carbons (Fsp3) is 0.417. The van der Waals surface area contributed by atoms with E-state index in [0.717, 1.165) is 11.3 Å². The zero-order chi connectivity index (χ0) is 12.7. The number of carbonyl (C=O) groups excluding carboxylic acids is 1. The molecule has 94 valence electrons. The van der Waals surface area contributed by atoms with Gasteiger partial charge in [0.25, 0.3) is 0 Å². The highest BCUT2D eigenvalue weighted by Crippen LogP contribution is 2.12. The Balaban J connectivity index is 2.33. The molecule has 1 rings (SSSR count). The van der Waals surface area contributed by atoms with Gasteiger partial charge in [-0.3, -0.25) is 4.79 Å². The summed E-state index contributed by atoms with van der Waals surface area (Å²) in [5, 5.41) is 23.2. The van der Waals surface area contributed by atoms with Crippen molar-refractivity contribution >= 4 is 11.6 Å². The molecule has 1 amide bonds. The van der Waals surface area contributed by atoms with Gasteiger partial charge < -0.3 is 20.8 Å². The van der Waals surface area contributed by atoms with Crippen LogP contribution in [0.15, 0.2) is 24.3 Å². The number of hydrogen-bond acceptors (Lipinski definition) is 4. The molecule has 0 bridgehead atoms. The van der Waals surface area contributed by atoms with Crippen molar-refractivity contribution in [3.8, 4) is 0 Å². The van der Waals surface area contributed by atoms with Crippen molar-refractivity contribution in [1.29, 1.82) is 0 Å². The van der Waals surface area contributed by atoms with Crippen LogP contribution in [-0.2, 0) is 4.79 Å². The molecule has 0 aliphatic rings. The van der Waals surface area contributed by atoms with Crippen molar-refractivity contribution in [2.24, 2.45) is 0 Å². The number of anilines is 1. The Morgan fingerprint density at radius 1 is 1.41 bits per heavy atom. The van der Waals surface area contributed by atoms with Gasteiger partial charge in [-0.25, -0.2) is 0 Å². The number of benzene rings is 1. The van der Waals surface area contributed by atoms with Crippen LogP contribution in [0.5, 0.6) is 0 Å². The van der Waals surface area contributed by atoms with Gasteiger partial charge >= 0.3 is 0 Å². The van der Waals surface area contributed by atoms with Crippen LogP contribution in [0.25, 0.3) is 0 Å². The van der Waals surface area contributed by atoms with Crippen LogP contribution < -0.4 is 10.6 Å². The lowest BCUT2D eigenvalue weighted by atomic mass is 10.2. The molecule has 0 spiro atoms. The highest BCUT2D eigenvalue weighted by atomic mass is 16.3. The average molecular weight is 238 g/mol.